The monoisotopic (exact) mass is 246 g/mol. The molecule has 5 heteroatoms. The Morgan fingerprint density at radius 3 is 2.50 bits per heavy atom. The first kappa shape index (κ1) is 15.2. The average Bonchev–Trinajstić information content (AvgIpc) is 2.29. The van der Waals surface area contributed by atoms with Crippen LogP contribution in [0.1, 0.15) is 0 Å². The molecule has 0 aromatic carbocycles. The Hall–Kier alpha value is -0.840. The van der Waals surface area contributed by atoms with Crippen LogP contribution in [0.25, 0.3) is 0 Å². The Morgan fingerprint density at radius 1 is 1.44 bits per heavy atom. The molecule has 1 heterocycles. The lowest BCUT2D eigenvalue weighted by molar-refractivity contribution is -0.144. The molecule has 1 atom stereocenters. The summed E-state index contributed by atoms with van der Waals surface area (Å²) in [4.78, 5) is 13.6. The van der Waals surface area contributed by atoms with E-state index in [0.29, 0.717) is 26.2 Å². The fourth-order valence-corrected chi connectivity index (χ4v) is 1.49. The minimum atomic E-state index is -0.362. The van der Waals surface area contributed by atoms with Gasteiger partial charge in [-0.2, -0.15) is 0 Å². The van der Waals surface area contributed by atoms with Crippen LogP contribution in [0.4, 0.5) is 0 Å². The van der Waals surface area contributed by atoms with Crippen LogP contribution in [-0.4, -0.2) is 49.7 Å². The SMILES string of the molecule is C=CCN(CC=C)C(=O)[C@H]1CNCCO1.Cl. The number of nitrogens with zero attached hydrogens (tertiary/aromatic N) is 1. The molecule has 0 saturated carbocycles. The number of rotatable bonds is 5. The van der Waals surface area contributed by atoms with Gasteiger partial charge in [0.25, 0.3) is 5.91 Å². The van der Waals surface area contributed by atoms with E-state index < -0.39 is 0 Å². The molecule has 1 N–H and O–H groups in total. The second-order valence-corrected chi connectivity index (χ2v) is 3.38. The van der Waals surface area contributed by atoms with Crippen molar-refractivity contribution in [2.45, 2.75) is 6.10 Å². The van der Waals surface area contributed by atoms with Crippen molar-refractivity contribution in [3.05, 3.63) is 25.3 Å². The summed E-state index contributed by atoms with van der Waals surface area (Å²) in [5, 5.41) is 3.13. The van der Waals surface area contributed by atoms with Crippen LogP contribution in [0.3, 0.4) is 0 Å². The van der Waals surface area contributed by atoms with Crippen LogP contribution in [0.15, 0.2) is 25.3 Å². The van der Waals surface area contributed by atoms with Gasteiger partial charge in [-0.15, -0.1) is 25.6 Å². The summed E-state index contributed by atoms with van der Waals surface area (Å²) in [7, 11) is 0. The van der Waals surface area contributed by atoms with Crippen molar-refractivity contribution in [2.24, 2.45) is 0 Å². The number of halogens is 1. The van der Waals surface area contributed by atoms with E-state index in [1.807, 2.05) is 0 Å². The summed E-state index contributed by atoms with van der Waals surface area (Å²) in [6.45, 7) is 10.3. The maximum absolute atomic E-state index is 11.9. The van der Waals surface area contributed by atoms with Gasteiger partial charge >= 0.3 is 0 Å². The first-order valence-corrected chi connectivity index (χ1v) is 5.12. The largest absolute Gasteiger partial charge is 0.366 e. The number of ether oxygens (including phenoxy) is 1. The van der Waals surface area contributed by atoms with Crippen LogP contribution in [-0.2, 0) is 9.53 Å². The van der Waals surface area contributed by atoms with Crippen molar-refractivity contribution in [1.82, 2.24) is 10.2 Å². The molecule has 1 saturated heterocycles. The van der Waals surface area contributed by atoms with Crippen molar-refractivity contribution in [3.63, 3.8) is 0 Å². The van der Waals surface area contributed by atoms with E-state index >= 15 is 0 Å². The molecule has 0 spiro atoms. The number of morpholine rings is 1. The molecule has 0 aliphatic carbocycles. The maximum atomic E-state index is 11.9. The molecular formula is C11H19ClN2O2. The summed E-state index contributed by atoms with van der Waals surface area (Å²) >= 11 is 0. The fourth-order valence-electron chi connectivity index (χ4n) is 1.49. The molecule has 0 bridgehead atoms. The van der Waals surface area contributed by atoms with Crippen LogP contribution in [0.5, 0.6) is 0 Å². The normalized spacial score (nSPS) is 19.4. The third kappa shape index (κ3) is 4.35. The van der Waals surface area contributed by atoms with Gasteiger partial charge in [0.15, 0.2) is 0 Å². The zero-order valence-corrected chi connectivity index (χ0v) is 10.2. The Bertz CT molecular complexity index is 230. The van der Waals surface area contributed by atoms with Crippen molar-refractivity contribution in [2.75, 3.05) is 32.8 Å². The Kier molecular flexibility index (Phi) is 7.89. The maximum Gasteiger partial charge on any atom is 0.253 e. The lowest BCUT2D eigenvalue weighted by Gasteiger charge is -2.28. The first-order valence-electron chi connectivity index (χ1n) is 5.12. The predicted octanol–water partition coefficient (Wildman–Crippen LogP) is 0.597. The van der Waals surface area contributed by atoms with Gasteiger partial charge in [0.2, 0.25) is 0 Å². The van der Waals surface area contributed by atoms with Crippen LogP contribution < -0.4 is 5.32 Å². The van der Waals surface area contributed by atoms with Crippen LogP contribution in [0, 0.1) is 0 Å². The molecule has 92 valence electrons. The van der Waals surface area contributed by atoms with Crippen molar-refractivity contribution in [3.8, 4) is 0 Å². The minimum absolute atomic E-state index is 0. The number of nitrogens with one attached hydrogen (secondary N) is 1. The number of amides is 1. The molecule has 1 aliphatic rings. The molecule has 1 rings (SSSR count). The number of hydrogen-bond acceptors (Lipinski definition) is 3. The number of carbonyl (C=O) groups is 1. The molecule has 1 fully saturated rings. The Labute approximate surface area is 103 Å². The smallest absolute Gasteiger partial charge is 0.253 e. The van der Waals surface area contributed by atoms with E-state index in [9.17, 15) is 4.79 Å². The van der Waals surface area contributed by atoms with Gasteiger partial charge in [0.1, 0.15) is 6.10 Å². The highest BCUT2D eigenvalue weighted by atomic mass is 35.5. The lowest BCUT2D eigenvalue weighted by Crippen LogP contribution is -2.49. The van der Waals surface area contributed by atoms with Gasteiger partial charge in [-0.1, -0.05) is 12.2 Å². The van der Waals surface area contributed by atoms with Gasteiger partial charge < -0.3 is 15.0 Å². The zero-order chi connectivity index (χ0) is 11.1. The van der Waals surface area contributed by atoms with Gasteiger partial charge in [0, 0.05) is 26.2 Å². The molecule has 0 unspecified atom stereocenters. The Balaban J connectivity index is 0.00000225. The highest BCUT2D eigenvalue weighted by Crippen LogP contribution is 2.02. The number of carbonyl (C=O) groups excluding carboxylic acids is 1. The zero-order valence-electron chi connectivity index (χ0n) is 9.35. The molecule has 1 aliphatic heterocycles. The van der Waals surface area contributed by atoms with Crippen molar-refractivity contribution < 1.29 is 9.53 Å². The van der Waals surface area contributed by atoms with E-state index in [1.165, 1.54) is 0 Å². The third-order valence-electron chi connectivity index (χ3n) is 2.21. The highest BCUT2D eigenvalue weighted by Gasteiger charge is 2.25. The van der Waals surface area contributed by atoms with E-state index in [-0.39, 0.29) is 24.4 Å². The van der Waals surface area contributed by atoms with Crippen LogP contribution >= 0.6 is 12.4 Å². The van der Waals surface area contributed by atoms with Crippen LogP contribution in [0.2, 0.25) is 0 Å². The molecule has 1 amide bonds. The van der Waals surface area contributed by atoms with Crippen molar-refractivity contribution >= 4 is 18.3 Å². The second kappa shape index (κ2) is 8.33. The standard InChI is InChI=1S/C11H18N2O2.ClH/c1-3-6-13(7-4-2)11(14)10-9-12-5-8-15-10;/h3-4,10,12H,1-2,5-9H2;1H/t10-;/m1./s1. The Morgan fingerprint density at radius 2 is 2.06 bits per heavy atom. The number of hydrogen-bond donors (Lipinski definition) is 1. The summed E-state index contributed by atoms with van der Waals surface area (Å²) in [5.74, 6) is 0.00185. The molecule has 4 nitrogen and oxygen atoms in total. The summed E-state index contributed by atoms with van der Waals surface area (Å²) < 4.78 is 5.39. The summed E-state index contributed by atoms with van der Waals surface area (Å²) in [6, 6.07) is 0. The quantitative estimate of drug-likeness (QED) is 0.723. The van der Waals surface area contributed by atoms with E-state index in [4.69, 9.17) is 4.74 Å². The molecule has 0 radical (unpaired) electrons. The lowest BCUT2D eigenvalue weighted by atomic mass is 10.2. The molecule has 16 heavy (non-hydrogen) atoms. The third-order valence-corrected chi connectivity index (χ3v) is 2.21. The van der Waals surface area contributed by atoms with E-state index in [2.05, 4.69) is 18.5 Å². The fraction of sp³-hybridized carbons (Fsp3) is 0.545. The van der Waals surface area contributed by atoms with E-state index in [1.54, 1.807) is 17.1 Å². The van der Waals surface area contributed by atoms with Gasteiger partial charge in [0.05, 0.1) is 6.61 Å². The first-order chi connectivity index (χ1) is 7.29. The molecular weight excluding hydrogens is 228 g/mol. The predicted molar refractivity (Wildman–Crippen MR) is 66.8 cm³/mol. The van der Waals surface area contributed by atoms with Gasteiger partial charge in [-0.25, -0.2) is 0 Å². The topological polar surface area (TPSA) is 41.6 Å². The van der Waals surface area contributed by atoms with Gasteiger partial charge in [-0.3, -0.25) is 4.79 Å². The minimum Gasteiger partial charge on any atom is -0.366 e. The van der Waals surface area contributed by atoms with Gasteiger partial charge in [-0.05, 0) is 0 Å². The van der Waals surface area contributed by atoms with Crippen molar-refractivity contribution in [1.29, 1.82) is 0 Å². The average molecular weight is 247 g/mol. The highest BCUT2D eigenvalue weighted by molar-refractivity contribution is 5.85. The molecule has 0 aromatic rings. The molecule has 0 aromatic heterocycles. The van der Waals surface area contributed by atoms with E-state index in [0.717, 1.165) is 6.54 Å². The second-order valence-electron chi connectivity index (χ2n) is 3.38. The summed E-state index contributed by atoms with van der Waals surface area (Å²) in [5.41, 5.74) is 0. The summed E-state index contributed by atoms with van der Waals surface area (Å²) in [6.07, 6.45) is 3.05.